The molecule has 0 nitrogen and oxygen atoms in total. The number of terminal acetylenes is 1. The Morgan fingerprint density at radius 1 is 1.42 bits per heavy atom. The maximum atomic E-state index is 5.49. The second kappa shape index (κ2) is 5.04. The van der Waals surface area contributed by atoms with Crippen LogP contribution in [0, 0.1) is 24.2 Å². The van der Waals surface area contributed by atoms with E-state index < -0.39 is 0 Å². The fraction of sp³-hybridized carbons (Fsp3) is 0.667. The summed E-state index contributed by atoms with van der Waals surface area (Å²) in [6.45, 7) is 2.08. The average Bonchev–Trinajstić information content (AvgIpc) is 2.15. The van der Waals surface area contributed by atoms with Crippen LogP contribution in [0.5, 0.6) is 0 Å². The zero-order valence-corrected chi connectivity index (χ0v) is 7.92. The lowest BCUT2D eigenvalue weighted by Gasteiger charge is -2.26. The van der Waals surface area contributed by atoms with Crippen LogP contribution in [-0.2, 0) is 0 Å². The molecule has 0 saturated heterocycles. The topological polar surface area (TPSA) is 0 Å². The Morgan fingerprint density at radius 2 is 2.17 bits per heavy atom. The van der Waals surface area contributed by atoms with Gasteiger partial charge < -0.3 is 0 Å². The van der Waals surface area contributed by atoms with Gasteiger partial charge in [0.25, 0.3) is 0 Å². The Bertz CT molecular complexity index is 183. The Morgan fingerprint density at radius 3 is 2.83 bits per heavy atom. The molecule has 0 bridgehead atoms. The first-order valence-corrected chi connectivity index (χ1v) is 4.95. The van der Waals surface area contributed by atoms with Crippen molar-refractivity contribution in [1.82, 2.24) is 0 Å². The van der Waals surface area contributed by atoms with Crippen molar-refractivity contribution in [2.24, 2.45) is 11.8 Å². The maximum Gasteiger partial charge on any atom is 0.0231 e. The largest absolute Gasteiger partial charge is 0.120 e. The summed E-state index contributed by atoms with van der Waals surface area (Å²) in [5.74, 6) is 4.24. The van der Waals surface area contributed by atoms with E-state index >= 15 is 0 Å². The molecule has 12 heavy (non-hydrogen) atoms. The smallest absolute Gasteiger partial charge is 0.0231 e. The summed E-state index contributed by atoms with van der Waals surface area (Å²) in [5, 5.41) is 0. The fourth-order valence-corrected chi connectivity index (χ4v) is 2.02. The van der Waals surface area contributed by atoms with E-state index in [0.717, 1.165) is 5.92 Å². The molecule has 0 radical (unpaired) electrons. The molecule has 0 aliphatic heterocycles. The molecule has 1 rings (SSSR count). The molecular weight excluding hydrogens is 144 g/mol. The number of allylic oxidation sites excluding steroid dienone is 2. The summed E-state index contributed by atoms with van der Waals surface area (Å²) in [6, 6.07) is 0. The predicted octanol–water partition coefficient (Wildman–Crippen LogP) is 3.39. The second-order valence-electron chi connectivity index (χ2n) is 3.62. The van der Waals surface area contributed by atoms with Crippen LogP contribution >= 0.6 is 0 Å². The third-order valence-electron chi connectivity index (χ3n) is 2.80. The van der Waals surface area contributed by atoms with E-state index in [-0.39, 0.29) is 0 Å². The summed E-state index contributed by atoms with van der Waals surface area (Å²) in [4.78, 5) is 0. The Kier molecular flexibility index (Phi) is 3.94. The first kappa shape index (κ1) is 9.39. The fourth-order valence-electron chi connectivity index (χ4n) is 2.02. The number of hydrogen-bond donors (Lipinski definition) is 0. The van der Waals surface area contributed by atoms with E-state index in [0.29, 0.717) is 5.92 Å². The SMILES string of the molecule is C#CC1CCCCC1CC=CC. The van der Waals surface area contributed by atoms with E-state index in [4.69, 9.17) is 6.42 Å². The molecule has 0 aromatic heterocycles. The molecule has 1 saturated carbocycles. The van der Waals surface area contributed by atoms with Gasteiger partial charge in [0, 0.05) is 5.92 Å². The molecule has 2 unspecified atom stereocenters. The van der Waals surface area contributed by atoms with Gasteiger partial charge in [-0.25, -0.2) is 0 Å². The van der Waals surface area contributed by atoms with E-state index in [2.05, 4.69) is 25.0 Å². The lowest BCUT2D eigenvalue weighted by atomic mass is 9.78. The molecule has 0 heterocycles. The highest BCUT2D eigenvalue weighted by atomic mass is 14.3. The molecule has 0 heteroatoms. The molecule has 1 aliphatic carbocycles. The normalized spacial score (nSPS) is 30.3. The van der Waals surface area contributed by atoms with E-state index in [1.165, 1.54) is 32.1 Å². The molecule has 66 valence electrons. The van der Waals surface area contributed by atoms with Crippen molar-refractivity contribution in [2.45, 2.75) is 39.0 Å². The van der Waals surface area contributed by atoms with Crippen molar-refractivity contribution in [3.8, 4) is 12.3 Å². The van der Waals surface area contributed by atoms with Crippen molar-refractivity contribution < 1.29 is 0 Å². The molecule has 1 fully saturated rings. The predicted molar refractivity (Wildman–Crippen MR) is 53.7 cm³/mol. The summed E-state index contributed by atoms with van der Waals surface area (Å²) in [5.41, 5.74) is 0. The van der Waals surface area contributed by atoms with Gasteiger partial charge in [-0.05, 0) is 32.1 Å². The van der Waals surface area contributed by atoms with Crippen molar-refractivity contribution in [2.75, 3.05) is 0 Å². The minimum absolute atomic E-state index is 0.551. The quantitative estimate of drug-likeness (QED) is 0.431. The zero-order chi connectivity index (χ0) is 8.81. The third-order valence-corrected chi connectivity index (χ3v) is 2.80. The molecule has 0 aromatic carbocycles. The molecule has 2 atom stereocenters. The van der Waals surface area contributed by atoms with Crippen LogP contribution in [-0.4, -0.2) is 0 Å². The zero-order valence-electron chi connectivity index (χ0n) is 7.92. The molecule has 0 aromatic rings. The molecule has 1 aliphatic rings. The van der Waals surface area contributed by atoms with Crippen molar-refractivity contribution >= 4 is 0 Å². The molecule has 0 N–H and O–H groups in total. The van der Waals surface area contributed by atoms with Crippen LogP contribution < -0.4 is 0 Å². The van der Waals surface area contributed by atoms with Gasteiger partial charge in [-0.3, -0.25) is 0 Å². The van der Waals surface area contributed by atoms with Gasteiger partial charge in [-0.2, -0.15) is 0 Å². The monoisotopic (exact) mass is 162 g/mol. The standard InChI is InChI=1S/C12H18/c1-3-5-8-12-10-7-6-9-11(12)4-2/h2-3,5,11-12H,6-10H2,1H3. The van der Waals surface area contributed by atoms with Crippen LogP contribution in [0.25, 0.3) is 0 Å². The van der Waals surface area contributed by atoms with Crippen LogP contribution in [0.1, 0.15) is 39.0 Å². The van der Waals surface area contributed by atoms with Crippen LogP contribution in [0.3, 0.4) is 0 Å². The summed E-state index contributed by atoms with van der Waals surface area (Å²) in [7, 11) is 0. The van der Waals surface area contributed by atoms with Crippen LogP contribution in [0.2, 0.25) is 0 Å². The van der Waals surface area contributed by atoms with Crippen molar-refractivity contribution in [3.63, 3.8) is 0 Å². The minimum atomic E-state index is 0.551. The van der Waals surface area contributed by atoms with Gasteiger partial charge >= 0.3 is 0 Å². The highest BCUT2D eigenvalue weighted by Gasteiger charge is 2.21. The number of hydrogen-bond acceptors (Lipinski definition) is 0. The van der Waals surface area contributed by atoms with E-state index in [1.54, 1.807) is 0 Å². The van der Waals surface area contributed by atoms with Crippen LogP contribution in [0.15, 0.2) is 12.2 Å². The maximum absolute atomic E-state index is 5.49. The van der Waals surface area contributed by atoms with Gasteiger partial charge in [-0.1, -0.05) is 25.0 Å². The van der Waals surface area contributed by atoms with Gasteiger partial charge in [0.15, 0.2) is 0 Å². The lowest BCUT2D eigenvalue weighted by molar-refractivity contribution is 0.295. The van der Waals surface area contributed by atoms with Crippen molar-refractivity contribution in [1.29, 1.82) is 0 Å². The first-order chi connectivity index (χ1) is 5.88. The third kappa shape index (κ3) is 2.41. The van der Waals surface area contributed by atoms with Gasteiger partial charge in [0.05, 0.1) is 0 Å². The van der Waals surface area contributed by atoms with Gasteiger partial charge in [-0.15, -0.1) is 12.3 Å². The van der Waals surface area contributed by atoms with E-state index in [9.17, 15) is 0 Å². The molecule has 0 amide bonds. The van der Waals surface area contributed by atoms with Gasteiger partial charge in [0.2, 0.25) is 0 Å². The summed E-state index contributed by atoms with van der Waals surface area (Å²) in [6.07, 6.45) is 16.3. The summed E-state index contributed by atoms with van der Waals surface area (Å²) >= 11 is 0. The number of rotatable bonds is 2. The lowest BCUT2D eigenvalue weighted by Crippen LogP contribution is -2.17. The second-order valence-corrected chi connectivity index (χ2v) is 3.62. The highest BCUT2D eigenvalue weighted by Crippen LogP contribution is 2.31. The molecule has 0 spiro atoms. The summed E-state index contributed by atoms with van der Waals surface area (Å²) < 4.78 is 0. The van der Waals surface area contributed by atoms with Gasteiger partial charge in [0.1, 0.15) is 0 Å². The highest BCUT2D eigenvalue weighted by molar-refractivity contribution is 4.99. The Hall–Kier alpha value is -0.700. The average molecular weight is 162 g/mol. The van der Waals surface area contributed by atoms with E-state index in [1.807, 2.05) is 0 Å². The Balaban J connectivity index is 2.42. The Labute approximate surface area is 76.1 Å². The molecular formula is C12H18. The minimum Gasteiger partial charge on any atom is -0.120 e. The van der Waals surface area contributed by atoms with Crippen LogP contribution in [0.4, 0.5) is 0 Å². The first-order valence-electron chi connectivity index (χ1n) is 4.95. The van der Waals surface area contributed by atoms with Crippen molar-refractivity contribution in [3.05, 3.63) is 12.2 Å².